The van der Waals surface area contributed by atoms with E-state index in [1.807, 2.05) is 66.7 Å². The molecule has 0 bridgehead atoms. The maximum absolute atomic E-state index is 14.6. The van der Waals surface area contributed by atoms with Gasteiger partial charge in [-0.2, -0.15) is 0 Å². The van der Waals surface area contributed by atoms with Gasteiger partial charge in [0.15, 0.2) is 0 Å². The van der Waals surface area contributed by atoms with Gasteiger partial charge in [-0.3, -0.25) is 9.59 Å². The van der Waals surface area contributed by atoms with Crippen LogP contribution in [0.25, 0.3) is 11.0 Å². The zero-order chi connectivity index (χ0) is 25.9. The van der Waals surface area contributed by atoms with Crippen molar-refractivity contribution in [3.05, 3.63) is 95.6 Å². The van der Waals surface area contributed by atoms with Crippen LogP contribution < -0.4 is 5.32 Å². The molecule has 1 aromatic heterocycles. The Morgan fingerprint density at radius 3 is 2.32 bits per heavy atom. The Morgan fingerprint density at radius 1 is 0.946 bits per heavy atom. The van der Waals surface area contributed by atoms with E-state index in [1.54, 1.807) is 0 Å². The molecule has 1 aliphatic rings. The van der Waals surface area contributed by atoms with E-state index >= 15 is 0 Å². The number of rotatable bonds is 7. The second-order valence-electron chi connectivity index (χ2n) is 9.80. The molecule has 0 radical (unpaired) electrons. The minimum absolute atomic E-state index is 0.0382. The molecule has 0 aliphatic carbocycles. The smallest absolute Gasteiger partial charge is 0.245 e. The van der Waals surface area contributed by atoms with Crippen LogP contribution in [-0.2, 0) is 16.1 Å². The predicted octanol–water partition coefficient (Wildman–Crippen LogP) is 4.40. The number of likely N-dealkylation sites (tertiary alicyclic amines) is 1. The fraction of sp³-hybridized carbons (Fsp3) is 0.310. The molecule has 0 spiro atoms. The van der Waals surface area contributed by atoms with Gasteiger partial charge >= 0.3 is 0 Å². The lowest BCUT2D eigenvalue weighted by Crippen LogP contribution is -2.48. The number of carbonyl (C=O) groups is 2. The van der Waals surface area contributed by atoms with Gasteiger partial charge in [0.25, 0.3) is 0 Å². The van der Waals surface area contributed by atoms with Crippen molar-refractivity contribution in [3.63, 3.8) is 0 Å². The first-order valence-electron chi connectivity index (χ1n) is 12.6. The maximum atomic E-state index is 14.6. The molecule has 1 fully saturated rings. The highest BCUT2D eigenvalue weighted by atomic mass is 19.1. The monoisotopic (exact) mass is 499 g/mol. The summed E-state index contributed by atoms with van der Waals surface area (Å²) in [6.07, 6.45) is -1.31. The van der Waals surface area contributed by atoms with Crippen molar-refractivity contribution in [2.24, 2.45) is 0 Å². The van der Waals surface area contributed by atoms with Crippen molar-refractivity contribution >= 4 is 22.8 Å². The van der Waals surface area contributed by atoms with Gasteiger partial charge in [-0.05, 0) is 34.7 Å². The Morgan fingerprint density at radius 2 is 1.59 bits per heavy atom. The lowest BCUT2D eigenvalue weighted by molar-refractivity contribution is -0.139. The van der Waals surface area contributed by atoms with E-state index < -0.39 is 18.3 Å². The number of amides is 2. The van der Waals surface area contributed by atoms with E-state index in [0.717, 1.165) is 11.1 Å². The van der Waals surface area contributed by atoms with E-state index in [-0.39, 0.29) is 31.3 Å². The summed E-state index contributed by atoms with van der Waals surface area (Å²) in [7, 11) is 0. The Hall–Kier alpha value is -4.07. The first kappa shape index (κ1) is 24.6. The molecule has 5 rings (SSSR count). The van der Waals surface area contributed by atoms with Gasteiger partial charge in [-0.15, -0.1) is 5.10 Å². The second-order valence-corrected chi connectivity index (χ2v) is 9.80. The topological polar surface area (TPSA) is 80.1 Å². The SMILES string of the molecule is CC(C)c1ccc([C@@H](NC(=O)[C@@H]2C[C@@H](F)CN2C(=O)Cn2nnc3ccccc32)c2ccccc2)cc1. The molecule has 1 saturated heterocycles. The van der Waals surface area contributed by atoms with Crippen molar-refractivity contribution < 1.29 is 14.0 Å². The highest BCUT2D eigenvalue weighted by Gasteiger charge is 2.40. The number of hydrogen-bond acceptors (Lipinski definition) is 4. The molecule has 4 aromatic rings. The van der Waals surface area contributed by atoms with E-state index in [4.69, 9.17) is 0 Å². The third kappa shape index (κ3) is 5.23. The summed E-state index contributed by atoms with van der Waals surface area (Å²) in [6.45, 7) is 4.03. The highest BCUT2D eigenvalue weighted by Crippen LogP contribution is 2.27. The van der Waals surface area contributed by atoms with Crippen LogP contribution in [0.5, 0.6) is 0 Å². The Balaban J connectivity index is 1.37. The fourth-order valence-electron chi connectivity index (χ4n) is 4.88. The van der Waals surface area contributed by atoms with Crippen molar-refractivity contribution in [3.8, 4) is 0 Å². The molecule has 37 heavy (non-hydrogen) atoms. The van der Waals surface area contributed by atoms with Crippen molar-refractivity contribution in [2.75, 3.05) is 6.54 Å². The first-order chi connectivity index (χ1) is 17.9. The average molecular weight is 500 g/mol. The van der Waals surface area contributed by atoms with Crippen LogP contribution in [-0.4, -0.2) is 50.5 Å². The molecule has 2 heterocycles. The molecular formula is C29H30FN5O2. The lowest BCUT2D eigenvalue weighted by atomic mass is 9.95. The maximum Gasteiger partial charge on any atom is 0.245 e. The second kappa shape index (κ2) is 10.5. The fourth-order valence-corrected chi connectivity index (χ4v) is 4.88. The summed E-state index contributed by atoms with van der Waals surface area (Å²) in [5, 5.41) is 11.2. The van der Waals surface area contributed by atoms with Crippen LogP contribution in [0.15, 0.2) is 78.9 Å². The van der Waals surface area contributed by atoms with Crippen LogP contribution in [0.2, 0.25) is 0 Å². The Kier molecular flexibility index (Phi) is 6.99. The summed E-state index contributed by atoms with van der Waals surface area (Å²) < 4.78 is 16.1. The van der Waals surface area contributed by atoms with Gasteiger partial charge in [-0.1, -0.05) is 85.8 Å². The van der Waals surface area contributed by atoms with Crippen molar-refractivity contribution in [2.45, 2.75) is 51.0 Å². The van der Waals surface area contributed by atoms with Gasteiger partial charge in [0.05, 0.1) is 18.1 Å². The first-order valence-corrected chi connectivity index (χ1v) is 12.6. The number of hydrogen-bond donors (Lipinski definition) is 1. The summed E-state index contributed by atoms with van der Waals surface area (Å²) in [5.41, 5.74) is 4.42. The van der Waals surface area contributed by atoms with Crippen LogP contribution in [0.3, 0.4) is 0 Å². The third-order valence-electron chi connectivity index (χ3n) is 6.93. The molecule has 1 aliphatic heterocycles. The van der Waals surface area contributed by atoms with E-state index in [1.165, 1.54) is 15.1 Å². The lowest BCUT2D eigenvalue weighted by Gasteiger charge is -2.27. The number of nitrogens with zero attached hydrogens (tertiary/aromatic N) is 4. The van der Waals surface area contributed by atoms with Gasteiger partial charge in [0, 0.05) is 6.42 Å². The van der Waals surface area contributed by atoms with Gasteiger partial charge in [0.1, 0.15) is 24.3 Å². The number of alkyl halides is 1. The van der Waals surface area contributed by atoms with Crippen LogP contribution in [0.4, 0.5) is 4.39 Å². The van der Waals surface area contributed by atoms with Crippen LogP contribution >= 0.6 is 0 Å². The molecule has 3 aromatic carbocycles. The molecule has 0 unspecified atom stereocenters. The number of halogens is 1. The number of aromatic nitrogens is 3. The van der Waals surface area contributed by atoms with E-state index in [9.17, 15) is 14.0 Å². The molecular weight excluding hydrogens is 469 g/mol. The molecule has 190 valence electrons. The Labute approximate surface area is 215 Å². The number of benzene rings is 3. The third-order valence-corrected chi connectivity index (χ3v) is 6.93. The molecule has 8 heteroatoms. The standard InChI is InChI=1S/C29H30FN5O2/c1-19(2)20-12-14-22(15-13-20)28(21-8-4-3-5-9-21)31-29(37)26-16-23(30)17-34(26)27(36)18-35-25-11-7-6-10-24(25)32-33-35/h3-15,19,23,26,28H,16-18H2,1-2H3,(H,31,37)/t23-,26+,28+/m1/s1. The van der Waals surface area contributed by atoms with Crippen LogP contribution in [0.1, 0.15) is 48.9 Å². The van der Waals surface area contributed by atoms with E-state index in [0.29, 0.717) is 17.0 Å². The summed E-state index contributed by atoms with van der Waals surface area (Å²) >= 11 is 0. The minimum atomic E-state index is -1.27. The highest BCUT2D eigenvalue weighted by molar-refractivity contribution is 5.89. The zero-order valence-corrected chi connectivity index (χ0v) is 20.9. The molecule has 7 nitrogen and oxygen atoms in total. The number of fused-ring (bicyclic) bond motifs is 1. The molecule has 3 atom stereocenters. The number of nitrogens with one attached hydrogen (secondary N) is 1. The number of carbonyl (C=O) groups excluding carboxylic acids is 2. The Bertz CT molecular complexity index is 1390. The zero-order valence-electron chi connectivity index (χ0n) is 20.9. The van der Waals surface area contributed by atoms with Gasteiger partial charge in [-0.25, -0.2) is 9.07 Å². The van der Waals surface area contributed by atoms with Crippen LogP contribution in [0, 0.1) is 0 Å². The van der Waals surface area contributed by atoms with Crippen molar-refractivity contribution in [1.82, 2.24) is 25.2 Å². The van der Waals surface area contributed by atoms with Gasteiger partial charge < -0.3 is 10.2 Å². The van der Waals surface area contributed by atoms with Gasteiger partial charge in [0.2, 0.25) is 11.8 Å². The number of para-hydroxylation sites is 1. The molecule has 2 amide bonds. The summed E-state index contributed by atoms with van der Waals surface area (Å²) in [5.74, 6) is -0.354. The normalized spacial score (nSPS) is 18.3. The summed E-state index contributed by atoms with van der Waals surface area (Å²) in [4.78, 5) is 28.1. The quantitative estimate of drug-likeness (QED) is 0.409. The molecule has 1 N–H and O–H groups in total. The largest absolute Gasteiger partial charge is 0.343 e. The van der Waals surface area contributed by atoms with E-state index in [2.05, 4.69) is 41.6 Å². The van der Waals surface area contributed by atoms with Crippen molar-refractivity contribution in [1.29, 1.82) is 0 Å². The molecule has 0 saturated carbocycles. The average Bonchev–Trinajstić information content (AvgIpc) is 3.51. The summed E-state index contributed by atoms with van der Waals surface area (Å²) in [6, 6.07) is 23.8. The predicted molar refractivity (Wildman–Crippen MR) is 140 cm³/mol. The minimum Gasteiger partial charge on any atom is -0.343 e.